The molecule has 1 unspecified atom stereocenters. The summed E-state index contributed by atoms with van der Waals surface area (Å²) in [5.74, 6) is 5.77. The fourth-order valence-electron chi connectivity index (χ4n) is 2.46. The molecule has 20 heavy (non-hydrogen) atoms. The van der Waals surface area contributed by atoms with E-state index in [0.717, 1.165) is 30.6 Å². The molecular formula is C16H21N3O. The Morgan fingerprint density at radius 1 is 1.50 bits per heavy atom. The van der Waals surface area contributed by atoms with Gasteiger partial charge in [0.25, 0.3) is 5.91 Å². The standard InChI is InChI=1S/C16H21N3O/c1-12-8-13(4-3-6-17)10-14(9-12)16(20)18-15-5-7-19(2)11-15/h8-10,15H,5-7,11,17H2,1-2H3,(H,18,20). The Hall–Kier alpha value is -1.83. The number of nitrogens with two attached hydrogens (primary N) is 1. The second-order valence-corrected chi connectivity index (χ2v) is 5.31. The smallest absolute Gasteiger partial charge is 0.251 e. The molecular weight excluding hydrogens is 250 g/mol. The molecule has 4 heteroatoms. The van der Waals surface area contributed by atoms with E-state index < -0.39 is 0 Å². The number of hydrogen-bond acceptors (Lipinski definition) is 3. The highest BCUT2D eigenvalue weighted by molar-refractivity contribution is 5.95. The minimum absolute atomic E-state index is 0.0233. The Bertz CT molecular complexity index is 557. The molecule has 0 radical (unpaired) electrons. The molecule has 1 heterocycles. The summed E-state index contributed by atoms with van der Waals surface area (Å²) in [4.78, 5) is 14.5. The zero-order valence-corrected chi connectivity index (χ0v) is 12.1. The lowest BCUT2D eigenvalue weighted by Gasteiger charge is -2.13. The van der Waals surface area contributed by atoms with Gasteiger partial charge in [0.05, 0.1) is 6.54 Å². The summed E-state index contributed by atoms with van der Waals surface area (Å²) >= 11 is 0. The van der Waals surface area contributed by atoms with Crippen LogP contribution in [0.25, 0.3) is 0 Å². The van der Waals surface area contributed by atoms with Crippen LogP contribution in [0.1, 0.15) is 27.9 Å². The third-order valence-electron chi connectivity index (χ3n) is 3.40. The summed E-state index contributed by atoms with van der Waals surface area (Å²) in [6.45, 7) is 4.24. The van der Waals surface area contributed by atoms with Gasteiger partial charge in [0.2, 0.25) is 0 Å². The van der Waals surface area contributed by atoms with Gasteiger partial charge < -0.3 is 16.0 Å². The number of likely N-dealkylation sites (N-methyl/N-ethyl adjacent to an activating group) is 1. The first-order chi connectivity index (χ1) is 9.58. The Morgan fingerprint density at radius 2 is 2.30 bits per heavy atom. The lowest BCUT2D eigenvalue weighted by Crippen LogP contribution is -2.36. The lowest BCUT2D eigenvalue weighted by molar-refractivity contribution is 0.0938. The second kappa shape index (κ2) is 6.56. The number of benzene rings is 1. The molecule has 0 aromatic heterocycles. The van der Waals surface area contributed by atoms with Crippen molar-refractivity contribution in [1.82, 2.24) is 10.2 Å². The summed E-state index contributed by atoms with van der Waals surface area (Å²) in [6.07, 6.45) is 1.01. The first-order valence-electron chi connectivity index (χ1n) is 6.88. The molecule has 1 fully saturated rings. The minimum atomic E-state index is -0.0233. The summed E-state index contributed by atoms with van der Waals surface area (Å²) in [7, 11) is 2.07. The van der Waals surface area contributed by atoms with Crippen LogP contribution in [0.15, 0.2) is 18.2 Å². The summed E-state index contributed by atoms with van der Waals surface area (Å²) in [6, 6.07) is 5.92. The number of nitrogens with one attached hydrogen (secondary N) is 1. The van der Waals surface area contributed by atoms with Crippen LogP contribution in [0, 0.1) is 18.8 Å². The van der Waals surface area contributed by atoms with Gasteiger partial charge in [0, 0.05) is 23.7 Å². The van der Waals surface area contributed by atoms with Gasteiger partial charge in [-0.1, -0.05) is 11.8 Å². The normalized spacial score (nSPS) is 18.4. The third kappa shape index (κ3) is 3.83. The van der Waals surface area contributed by atoms with Crippen LogP contribution in [0.5, 0.6) is 0 Å². The van der Waals surface area contributed by atoms with Gasteiger partial charge in [0.15, 0.2) is 0 Å². The molecule has 0 bridgehead atoms. The Balaban J connectivity index is 2.11. The molecule has 1 aliphatic rings. The Kier molecular flexibility index (Phi) is 4.78. The van der Waals surface area contributed by atoms with Gasteiger partial charge in [0.1, 0.15) is 0 Å². The number of nitrogens with zero attached hydrogens (tertiary/aromatic N) is 1. The highest BCUT2D eigenvalue weighted by atomic mass is 16.1. The fraction of sp³-hybridized carbons (Fsp3) is 0.438. The van der Waals surface area contributed by atoms with Crippen LogP contribution in [-0.4, -0.2) is 43.5 Å². The highest BCUT2D eigenvalue weighted by Gasteiger charge is 2.21. The summed E-state index contributed by atoms with van der Waals surface area (Å²) in [5.41, 5.74) is 7.91. The van der Waals surface area contributed by atoms with E-state index in [1.807, 2.05) is 25.1 Å². The van der Waals surface area contributed by atoms with Crippen molar-refractivity contribution in [3.63, 3.8) is 0 Å². The number of aryl methyl sites for hydroxylation is 1. The predicted octanol–water partition coefficient (Wildman–Crippen LogP) is 0.739. The number of carbonyl (C=O) groups is 1. The zero-order valence-electron chi connectivity index (χ0n) is 12.1. The molecule has 106 valence electrons. The van der Waals surface area contributed by atoms with Crippen LogP contribution >= 0.6 is 0 Å². The van der Waals surface area contributed by atoms with Crippen molar-refractivity contribution < 1.29 is 4.79 Å². The van der Waals surface area contributed by atoms with E-state index in [1.54, 1.807) is 0 Å². The number of likely N-dealkylation sites (tertiary alicyclic amines) is 1. The van der Waals surface area contributed by atoms with Gasteiger partial charge in [-0.3, -0.25) is 4.79 Å². The maximum absolute atomic E-state index is 12.3. The molecule has 1 atom stereocenters. The average Bonchev–Trinajstić information content (AvgIpc) is 2.81. The van der Waals surface area contributed by atoms with E-state index in [0.29, 0.717) is 12.1 Å². The predicted molar refractivity (Wildman–Crippen MR) is 80.5 cm³/mol. The Labute approximate surface area is 120 Å². The van der Waals surface area contributed by atoms with Crippen molar-refractivity contribution in [2.45, 2.75) is 19.4 Å². The molecule has 1 amide bonds. The van der Waals surface area contributed by atoms with Crippen LogP contribution in [0.2, 0.25) is 0 Å². The fourth-order valence-corrected chi connectivity index (χ4v) is 2.46. The van der Waals surface area contributed by atoms with Crippen LogP contribution in [0.3, 0.4) is 0 Å². The number of rotatable bonds is 2. The topological polar surface area (TPSA) is 58.4 Å². The maximum atomic E-state index is 12.3. The van der Waals surface area contributed by atoms with Crippen molar-refractivity contribution in [3.8, 4) is 11.8 Å². The SMILES string of the molecule is Cc1cc(C#CCN)cc(C(=O)NC2CCN(C)C2)c1. The molecule has 3 N–H and O–H groups in total. The number of carbonyl (C=O) groups excluding carboxylic acids is 1. The van der Waals surface area contributed by atoms with Gasteiger partial charge >= 0.3 is 0 Å². The molecule has 1 aliphatic heterocycles. The van der Waals surface area contributed by atoms with E-state index in [1.165, 1.54) is 0 Å². The molecule has 0 aliphatic carbocycles. The van der Waals surface area contributed by atoms with E-state index in [4.69, 9.17) is 5.73 Å². The summed E-state index contributed by atoms with van der Waals surface area (Å²) in [5, 5.41) is 3.08. The lowest BCUT2D eigenvalue weighted by atomic mass is 10.1. The van der Waals surface area contributed by atoms with Crippen molar-refractivity contribution in [1.29, 1.82) is 0 Å². The highest BCUT2D eigenvalue weighted by Crippen LogP contribution is 2.11. The maximum Gasteiger partial charge on any atom is 0.251 e. The van der Waals surface area contributed by atoms with Crippen LogP contribution in [-0.2, 0) is 0 Å². The Morgan fingerprint density at radius 3 is 2.95 bits per heavy atom. The monoisotopic (exact) mass is 271 g/mol. The van der Waals surface area contributed by atoms with E-state index in [9.17, 15) is 4.79 Å². The second-order valence-electron chi connectivity index (χ2n) is 5.31. The van der Waals surface area contributed by atoms with Crippen LogP contribution in [0.4, 0.5) is 0 Å². The molecule has 0 spiro atoms. The molecule has 2 rings (SSSR count). The van der Waals surface area contributed by atoms with E-state index in [-0.39, 0.29) is 11.9 Å². The van der Waals surface area contributed by atoms with Gasteiger partial charge in [-0.25, -0.2) is 0 Å². The van der Waals surface area contributed by atoms with Crippen LogP contribution < -0.4 is 11.1 Å². The van der Waals surface area contributed by atoms with Gasteiger partial charge in [-0.15, -0.1) is 0 Å². The van der Waals surface area contributed by atoms with E-state index >= 15 is 0 Å². The van der Waals surface area contributed by atoms with Gasteiger partial charge in [-0.05, 0) is 50.7 Å². The minimum Gasteiger partial charge on any atom is -0.348 e. The van der Waals surface area contributed by atoms with Crippen molar-refractivity contribution in [2.75, 3.05) is 26.7 Å². The molecule has 1 aromatic carbocycles. The zero-order chi connectivity index (χ0) is 14.5. The quantitative estimate of drug-likeness (QED) is 0.780. The first kappa shape index (κ1) is 14.6. The number of hydrogen-bond donors (Lipinski definition) is 2. The molecule has 1 saturated heterocycles. The first-order valence-corrected chi connectivity index (χ1v) is 6.88. The van der Waals surface area contributed by atoms with Crippen molar-refractivity contribution >= 4 is 5.91 Å². The molecule has 0 saturated carbocycles. The van der Waals surface area contributed by atoms with Crippen molar-refractivity contribution in [3.05, 3.63) is 34.9 Å². The van der Waals surface area contributed by atoms with E-state index in [2.05, 4.69) is 29.1 Å². The molecule has 1 aromatic rings. The number of amides is 1. The molecule has 4 nitrogen and oxygen atoms in total. The van der Waals surface area contributed by atoms with Gasteiger partial charge in [-0.2, -0.15) is 0 Å². The third-order valence-corrected chi connectivity index (χ3v) is 3.40. The largest absolute Gasteiger partial charge is 0.348 e. The van der Waals surface area contributed by atoms with Crippen molar-refractivity contribution in [2.24, 2.45) is 5.73 Å². The average molecular weight is 271 g/mol. The summed E-state index contributed by atoms with van der Waals surface area (Å²) < 4.78 is 0.